The summed E-state index contributed by atoms with van der Waals surface area (Å²) in [4.78, 5) is 15.8. The predicted octanol–water partition coefficient (Wildman–Crippen LogP) is 5.01. The lowest BCUT2D eigenvalue weighted by molar-refractivity contribution is 0.0260. The summed E-state index contributed by atoms with van der Waals surface area (Å²) in [5, 5.41) is 0. The van der Waals surface area contributed by atoms with Crippen molar-refractivity contribution in [2.45, 2.75) is 67.4 Å². The normalized spacial score (nSPS) is 19.7. The summed E-state index contributed by atoms with van der Waals surface area (Å²) in [5.74, 6) is 0.629. The minimum atomic E-state index is -3.86. The summed E-state index contributed by atoms with van der Waals surface area (Å²) in [6.45, 7) is 5.58. The highest BCUT2D eigenvalue weighted by Crippen LogP contribution is 2.43. The van der Waals surface area contributed by atoms with Crippen molar-refractivity contribution in [3.05, 3.63) is 53.6 Å². The molecule has 0 aliphatic carbocycles. The Bertz CT molecular complexity index is 1120. The Kier molecular flexibility index (Phi) is 7.07. The van der Waals surface area contributed by atoms with Gasteiger partial charge in [-0.15, -0.1) is 11.8 Å². The van der Waals surface area contributed by atoms with E-state index >= 15 is 0 Å². The van der Waals surface area contributed by atoms with Crippen molar-refractivity contribution in [1.29, 1.82) is 0 Å². The average Bonchev–Trinajstić information content (AvgIpc) is 3.38. The van der Waals surface area contributed by atoms with Crippen LogP contribution in [0.2, 0.25) is 0 Å². The summed E-state index contributed by atoms with van der Waals surface area (Å²) >= 11 is 1.45. The lowest BCUT2D eigenvalue weighted by atomic mass is 9.84. The molecule has 0 radical (unpaired) electrons. The molecule has 1 fully saturated rings. The van der Waals surface area contributed by atoms with Gasteiger partial charge < -0.3 is 9.64 Å². The van der Waals surface area contributed by atoms with E-state index < -0.39 is 21.7 Å². The quantitative estimate of drug-likeness (QED) is 0.555. The second-order valence-corrected chi connectivity index (χ2v) is 11.3. The number of carbonyl (C=O) groups excluding carboxylic acids is 1. The molecule has 8 heteroatoms. The molecule has 4 rings (SSSR count). The van der Waals surface area contributed by atoms with Crippen molar-refractivity contribution in [2.75, 3.05) is 19.3 Å². The standard InChI is InChI=1S/C25H32N2O4S2/c1-4-25(5-2)17-21(19-10-6-7-11-22(19)31-25)26-33(29,30)18-12-13-23(32-3)20(16-18)24(28)27-14-8-9-15-27/h6-7,10-13,16,21,26H,4-5,8-9,14-15,17H2,1-3H3/t21-/m0/s1. The molecule has 2 aromatic carbocycles. The third kappa shape index (κ3) is 4.79. The lowest BCUT2D eigenvalue weighted by Crippen LogP contribution is -2.44. The summed E-state index contributed by atoms with van der Waals surface area (Å²) < 4.78 is 36.3. The zero-order chi connectivity index (χ0) is 23.6. The third-order valence-corrected chi connectivity index (χ3v) is 9.15. The Balaban J connectivity index is 1.67. The Hall–Kier alpha value is -2.03. The zero-order valence-electron chi connectivity index (χ0n) is 19.5. The fourth-order valence-electron chi connectivity index (χ4n) is 4.77. The van der Waals surface area contributed by atoms with E-state index in [9.17, 15) is 13.2 Å². The van der Waals surface area contributed by atoms with Crippen LogP contribution < -0.4 is 9.46 Å². The van der Waals surface area contributed by atoms with Crippen molar-refractivity contribution in [1.82, 2.24) is 9.62 Å². The van der Waals surface area contributed by atoms with E-state index in [0.29, 0.717) is 12.0 Å². The van der Waals surface area contributed by atoms with E-state index in [1.807, 2.05) is 35.4 Å². The highest BCUT2D eigenvalue weighted by Gasteiger charge is 2.40. The maximum atomic E-state index is 13.5. The lowest BCUT2D eigenvalue weighted by Gasteiger charge is -2.41. The molecule has 0 bridgehead atoms. The Labute approximate surface area is 201 Å². The number of thioether (sulfide) groups is 1. The van der Waals surface area contributed by atoms with Gasteiger partial charge in [0.05, 0.1) is 16.5 Å². The number of hydrogen-bond donors (Lipinski definition) is 1. The van der Waals surface area contributed by atoms with Crippen molar-refractivity contribution in [2.24, 2.45) is 0 Å². The van der Waals surface area contributed by atoms with Gasteiger partial charge in [0, 0.05) is 30.0 Å². The molecule has 0 spiro atoms. The molecule has 1 atom stereocenters. The van der Waals surface area contributed by atoms with Crippen molar-refractivity contribution < 1.29 is 17.9 Å². The van der Waals surface area contributed by atoms with Crippen molar-refractivity contribution >= 4 is 27.7 Å². The van der Waals surface area contributed by atoms with Crippen LogP contribution in [0.5, 0.6) is 5.75 Å². The molecule has 1 saturated heterocycles. The van der Waals surface area contributed by atoms with Gasteiger partial charge in [-0.25, -0.2) is 13.1 Å². The second-order valence-electron chi connectivity index (χ2n) is 8.77. The number of fused-ring (bicyclic) bond motifs is 1. The highest BCUT2D eigenvalue weighted by molar-refractivity contribution is 7.98. The topological polar surface area (TPSA) is 75.7 Å². The summed E-state index contributed by atoms with van der Waals surface area (Å²) in [6, 6.07) is 12.1. The van der Waals surface area contributed by atoms with Gasteiger partial charge in [0.2, 0.25) is 10.0 Å². The highest BCUT2D eigenvalue weighted by atomic mass is 32.2. The Morgan fingerprint density at radius 2 is 1.85 bits per heavy atom. The number of nitrogens with zero attached hydrogens (tertiary/aromatic N) is 1. The number of amides is 1. The summed E-state index contributed by atoms with van der Waals surface area (Å²) in [6.07, 6.45) is 5.99. The van der Waals surface area contributed by atoms with Gasteiger partial charge in [-0.05, 0) is 56.2 Å². The molecular weight excluding hydrogens is 456 g/mol. The number of likely N-dealkylation sites (tertiary alicyclic amines) is 1. The van der Waals surface area contributed by atoms with E-state index in [0.717, 1.165) is 55.0 Å². The minimum absolute atomic E-state index is 0.0960. The number of benzene rings is 2. The summed E-state index contributed by atoms with van der Waals surface area (Å²) in [5.41, 5.74) is 0.880. The number of hydrogen-bond acceptors (Lipinski definition) is 5. The van der Waals surface area contributed by atoms with Gasteiger partial charge in [0.25, 0.3) is 5.91 Å². The third-order valence-electron chi connectivity index (χ3n) is 6.89. The fraction of sp³-hybridized carbons (Fsp3) is 0.480. The number of sulfonamides is 1. The molecule has 6 nitrogen and oxygen atoms in total. The van der Waals surface area contributed by atoms with Crippen LogP contribution in [0.4, 0.5) is 0 Å². The number of rotatable bonds is 7. The minimum Gasteiger partial charge on any atom is -0.487 e. The first-order valence-electron chi connectivity index (χ1n) is 11.6. The van der Waals surface area contributed by atoms with Gasteiger partial charge in [-0.1, -0.05) is 32.0 Å². The molecule has 0 saturated carbocycles. The molecule has 2 aliphatic heterocycles. The van der Waals surface area contributed by atoms with Crippen molar-refractivity contribution in [3.63, 3.8) is 0 Å². The molecule has 2 heterocycles. The van der Waals surface area contributed by atoms with E-state index in [-0.39, 0.29) is 10.8 Å². The van der Waals surface area contributed by atoms with Gasteiger partial charge in [0.1, 0.15) is 11.4 Å². The Morgan fingerprint density at radius 3 is 2.52 bits per heavy atom. The Morgan fingerprint density at radius 1 is 1.15 bits per heavy atom. The van der Waals surface area contributed by atoms with Crippen LogP contribution in [0, 0.1) is 0 Å². The van der Waals surface area contributed by atoms with Crippen molar-refractivity contribution in [3.8, 4) is 5.75 Å². The van der Waals surface area contributed by atoms with Crippen LogP contribution in [0.3, 0.4) is 0 Å². The molecule has 178 valence electrons. The van der Waals surface area contributed by atoms with Crippen LogP contribution in [0.15, 0.2) is 52.3 Å². The molecular formula is C25H32N2O4S2. The van der Waals surface area contributed by atoms with Crippen LogP contribution >= 0.6 is 11.8 Å². The number of carbonyl (C=O) groups is 1. The first-order valence-corrected chi connectivity index (χ1v) is 14.3. The van der Waals surface area contributed by atoms with Crippen LogP contribution in [-0.4, -0.2) is 44.2 Å². The largest absolute Gasteiger partial charge is 0.487 e. The van der Waals surface area contributed by atoms with Crippen LogP contribution in [-0.2, 0) is 10.0 Å². The van der Waals surface area contributed by atoms with Gasteiger partial charge in [-0.3, -0.25) is 4.79 Å². The van der Waals surface area contributed by atoms with E-state index in [1.54, 1.807) is 12.1 Å². The number of para-hydroxylation sites is 1. The monoisotopic (exact) mass is 488 g/mol. The van der Waals surface area contributed by atoms with Crippen LogP contribution in [0.25, 0.3) is 0 Å². The molecule has 33 heavy (non-hydrogen) atoms. The summed E-state index contributed by atoms with van der Waals surface area (Å²) in [7, 11) is -3.86. The first-order chi connectivity index (χ1) is 15.8. The molecule has 2 aliphatic rings. The van der Waals surface area contributed by atoms with Gasteiger partial charge in [-0.2, -0.15) is 0 Å². The average molecular weight is 489 g/mol. The molecule has 0 unspecified atom stereocenters. The smallest absolute Gasteiger partial charge is 0.255 e. The molecule has 2 aromatic rings. The fourth-order valence-corrected chi connectivity index (χ4v) is 6.59. The predicted molar refractivity (Wildman–Crippen MR) is 131 cm³/mol. The molecule has 1 N–H and O–H groups in total. The van der Waals surface area contributed by atoms with Gasteiger partial charge in [0.15, 0.2) is 0 Å². The number of nitrogens with one attached hydrogen (secondary N) is 1. The maximum absolute atomic E-state index is 13.5. The zero-order valence-corrected chi connectivity index (χ0v) is 21.1. The SMILES string of the molecule is CCC1(CC)C[C@H](NS(=O)(=O)c2ccc(SC)c(C(=O)N3CCCC3)c2)c2ccccc2O1. The van der Waals surface area contributed by atoms with E-state index in [2.05, 4.69) is 18.6 Å². The maximum Gasteiger partial charge on any atom is 0.255 e. The number of ether oxygens (including phenoxy) is 1. The molecule has 1 amide bonds. The first kappa shape index (κ1) is 24.1. The van der Waals surface area contributed by atoms with E-state index in [1.165, 1.54) is 17.8 Å². The van der Waals surface area contributed by atoms with Gasteiger partial charge >= 0.3 is 0 Å². The second kappa shape index (κ2) is 9.68. The molecule has 0 aromatic heterocycles. The van der Waals surface area contributed by atoms with E-state index in [4.69, 9.17) is 4.74 Å². The van der Waals surface area contributed by atoms with Crippen LogP contribution in [0.1, 0.15) is 67.9 Å².